The van der Waals surface area contributed by atoms with E-state index in [-0.39, 0.29) is 18.5 Å². The van der Waals surface area contributed by atoms with Crippen molar-refractivity contribution in [3.8, 4) is 11.5 Å². The number of aryl methyl sites for hydroxylation is 1. The summed E-state index contributed by atoms with van der Waals surface area (Å²) in [5, 5.41) is 12.4. The first kappa shape index (κ1) is 24.0. The molecule has 0 saturated heterocycles. The van der Waals surface area contributed by atoms with E-state index in [2.05, 4.69) is 25.8 Å². The van der Waals surface area contributed by atoms with E-state index in [9.17, 15) is 22.4 Å². The molecule has 0 bridgehead atoms. The van der Waals surface area contributed by atoms with Crippen LogP contribution in [0.1, 0.15) is 24.0 Å². The van der Waals surface area contributed by atoms with Crippen LogP contribution in [0.5, 0.6) is 11.5 Å². The highest BCUT2D eigenvalue weighted by atomic mass is 19.4. The highest BCUT2D eigenvalue weighted by molar-refractivity contribution is 5.99. The van der Waals surface area contributed by atoms with Crippen molar-refractivity contribution in [1.82, 2.24) is 15.2 Å². The van der Waals surface area contributed by atoms with Crippen molar-refractivity contribution in [1.29, 1.82) is 0 Å². The summed E-state index contributed by atoms with van der Waals surface area (Å²) in [5.74, 6) is 1.05. The first-order valence-electron chi connectivity index (χ1n) is 10.7. The topological polar surface area (TPSA) is 91.9 Å². The molecule has 7 nitrogen and oxygen atoms in total. The molecule has 2 amide bonds. The summed E-state index contributed by atoms with van der Waals surface area (Å²) in [7, 11) is 0. The Morgan fingerprint density at radius 3 is 2.51 bits per heavy atom. The van der Waals surface area contributed by atoms with E-state index in [4.69, 9.17) is 4.74 Å². The second kappa shape index (κ2) is 10.4. The van der Waals surface area contributed by atoms with Gasteiger partial charge in [-0.3, -0.25) is 9.49 Å². The van der Waals surface area contributed by atoms with Crippen LogP contribution >= 0.6 is 0 Å². The Bertz CT molecular complexity index is 1310. The molecule has 0 aliphatic carbocycles. The van der Waals surface area contributed by atoms with Crippen LogP contribution in [0.4, 0.5) is 33.7 Å². The third-order valence-corrected chi connectivity index (χ3v) is 5.08. The fourth-order valence-electron chi connectivity index (χ4n) is 3.44. The molecule has 2 aromatic carbocycles. The third kappa shape index (κ3) is 6.25. The lowest BCUT2D eigenvalue weighted by Crippen LogP contribution is -2.20. The second-order valence-corrected chi connectivity index (χ2v) is 7.71. The van der Waals surface area contributed by atoms with Crippen LogP contribution in [0.2, 0.25) is 0 Å². The maximum Gasteiger partial charge on any atom is 0.416 e. The summed E-state index contributed by atoms with van der Waals surface area (Å²) in [6.07, 6.45) is -0.463. The number of amides is 2. The van der Waals surface area contributed by atoms with E-state index in [1.165, 1.54) is 6.07 Å². The number of rotatable bonds is 8. The lowest BCUT2D eigenvalue weighted by molar-refractivity contribution is -0.137. The Hall–Kier alpha value is -4.15. The predicted octanol–water partition coefficient (Wildman–Crippen LogP) is 6.71. The minimum Gasteiger partial charge on any atom is -0.456 e. The first-order chi connectivity index (χ1) is 16.8. The van der Waals surface area contributed by atoms with Gasteiger partial charge in [-0.25, -0.2) is 9.78 Å². The smallest absolute Gasteiger partial charge is 0.416 e. The number of urea groups is 1. The molecule has 0 spiro atoms. The van der Waals surface area contributed by atoms with E-state index in [1.54, 1.807) is 42.7 Å². The number of benzene rings is 2. The van der Waals surface area contributed by atoms with E-state index in [0.717, 1.165) is 12.1 Å². The molecule has 2 aromatic heterocycles. The standard InChI is InChI=1S/C24H21F4N5O2/c25-9-2-1-3-15-11-16(24(26,27)28)13-18(12-15)32-23(34)31-17-4-6-19(7-5-17)35-21-8-10-29-22-20(21)14-30-33-22/h4-8,10-14H,1-3,9H2,(H,29,30,33)(H2,31,32,34). The van der Waals surface area contributed by atoms with Crippen molar-refractivity contribution < 1.29 is 27.1 Å². The van der Waals surface area contributed by atoms with Gasteiger partial charge in [-0.15, -0.1) is 0 Å². The molecule has 0 atom stereocenters. The number of halogens is 4. The normalized spacial score (nSPS) is 11.4. The zero-order valence-electron chi connectivity index (χ0n) is 18.3. The van der Waals surface area contributed by atoms with Gasteiger partial charge < -0.3 is 15.4 Å². The Labute approximate surface area is 197 Å². The molecule has 0 aliphatic rings. The molecule has 182 valence electrons. The molecule has 3 N–H and O–H groups in total. The third-order valence-electron chi connectivity index (χ3n) is 5.08. The number of H-pyrrole nitrogens is 1. The number of nitrogens with zero attached hydrogens (tertiary/aromatic N) is 2. The van der Waals surface area contributed by atoms with Gasteiger partial charge in [0.2, 0.25) is 0 Å². The van der Waals surface area contributed by atoms with E-state index in [1.807, 2.05) is 0 Å². The van der Waals surface area contributed by atoms with E-state index in [0.29, 0.717) is 40.2 Å². The number of alkyl halides is 4. The minimum atomic E-state index is -4.57. The van der Waals surface area contributed by atoms with Crippen molar-refractivity contribution in [3.63, 3.8) is 0 Å². The van der Waals surface area contributed by atoms with Crippen LogP contribution in [0.3, 0.4) is 0 Å². The number of hydrogen-bond acceptors (Lipinski definition) is 4. The Morgan fingerprint density at radius 2 is 1.77 bits per heavy atom. The summed E-state index contributed by atoms with van der Waals surface area (Å²) in [4.78, 5) is 16.5. The Kier molecular flexibility index (Phi) is 7.14. The second-order valence-electron chi connectivity index (χ2n) is 7.71. The van der Waals surface area contributed by atoms with E-state index >= 15 is 0 Å². The van der Waals surface area contributed by atoms with Gasteiger partial charge in [0.25, 0.3) is 0 Å². The number of pyridine rings is 1. The molecular weight excluding hydrogens is 466 g/mol. The quantitative estimate of drug-likeness (QED) is 0.190. The Morgan fingerprint density at radius 1 is 1.00 bits per heavy atom. The molecule has 4 aromatic rings. The molecule has 0 saturated carbocycles. The number of ether oxygens (including phenoxy) is 1. The average molecular weight is 487 g/mol. The lowest BCUT2D eigenvalue weighted by Gasteiger charge is -2.14. The molecule has 2 heterocycles. The molecule has 11 heteroatoms. The number of aromatic nitrogens is 3. The number of carbonyl (C=O) groups is 1. The molecule has 4 rings (SSSR count). The van der Waals surface area contributed by atoms with Gasteiger partial charge in [-0.2, -0.15) is 18.3 Å². The Balaban J connectivity index is 1.41. The number of carbonyl (C=O) groups excluding carboxylic acids is 1. The van der Waals surface area contributed by atoms with Gasteiger partial charge in [-0.1, -0.05) is 0 Å². The average Bonchev–Trinajstić information content (AvgIpc) is 3.30. The molecule has 35 heavy (non-hydrogen) atoms. The van der Waals surface area contributed by atoms with E-state index < -0.39 is 24.4 Å². The van der Waals surface area contributed by atoms with Gasteiger partial charge in [0.1, 0.15) is 11.5 Å². The largest absolute Gasteiger partial charge is 0.456 e. The van der Waals surface area contributed by atoms with Crippen molar-refractivity contribution in [2.75, 3.05) is 17.3 Å². The number of anilines is 2. The fourth-order valence-corrected chi connectivity index (χ4v) is 3.44. The van der Waals surface area contributed by atoms with Crippen molar-refractivity contribution in [3.05, 3.63) is 72.1 Å². The summed E-state index contributed by atoms with van der Waals surface area (Å²) >= 11 is 0. The molecular formula is C24H21F4N5O2. The summed E-state index contributed by atoms with van der Waals surface area (Å²) in [6.45, 7) is -0.535. The molecule has 0 radical (unpaired) electrons. The van der Waals surface area contributed by atoms with Crippen LogP contribution < -0.4 is 15.4 Å². The van der Waals surface area contributed by atoms with Gasteiger partial charge >= 0.3 is 12.2 Å². The first-order valence-corrected chi connectivity index (χ1v) is 10.7. The number of fused-ring (bicyclic) bond motifs is 1. The monoisotopic (exact) mass is 487 g/mol. The fraction of sp³-hybridized carbons (Fsp3) is 0.208. The SMILES string of the molecule is O=C(Nc1ccc(Oc2ccnc3[nH]ncc23)cc1)Nc1cc(CCCCF)cc(C(F)(F)F)c1. The summed E-state index contributed by atoms with van der Waals surface area (Å²) in [6, 6.07) is 10.8. The highest BCUT2D eigenvalue weighted by Gasteiger charge is 2.31. The van der Waals surface area contributed by atoms with Crippen molar-refractivity contribution in [2.45, 2.75) is 25.4 Å². The zero-order chi connectivity index (χ0) is 24.8. The molecule has 0 fully saturated rings. The van der Waals surface area contributed by atoms with Gasteiger partial charge in [0.05, 0.1) is 23.8 Å². The van der Waals surface area contributed by atoms with Crippen molar-refractivity contribution in [2.24, 2.45) is 0 Å². The summed E-state index contributed by atoms with van der Waals surface area (Å²) < 4.78 is 58.0. The molecule has 0 unspecified atom stereocenters. The van der Waals surface area contributed by atoms with Crippen molar-refractivity contribution >= 4 is 28.4 Å². The van der Waals surface area contributed by atoms with Crippen LogP contribution in [0, 0.1) is 0 Å². The molecule has 0 aliphatic heterocycles. The van der Waals surface area contributed by atoms with Crippen LogP contribution in [0.25, 0.3) is 11.0 Å². The number of hydrogen-bond donors (Lipinski definition) is 3. The van der Waals surface area contributed by atoms with Gasteiger partial charge in [0, 0.05) is 17.6 Å². The van der Waals surface area contributed by atoms with Crippen LogP contribution in [-0.4, -0.2) is 27.9 Å². The minimum absolute atomic E-state index is 0.00524. The maximum atomic E-state index is 13.3. The zero-order valence-corrected chi connectivity index (χ0v) is 18.3. The lowest BCUT2D eigenvalue weighted by atomic mass is 10.0. The predicted molar refractivity (Wildman–Crippen MR) is 123 cm³/mol. The van der Waals surface area contributed by atoms with Gasteiger partial charge in [-0.05, 0) is 73.4 Å². The van der Waals surface area contributed by atoms with Gasteiger partial charge in [0.15, 0.2) is 5.65 Å². The van der Waals surface area contributed by atoms with Crippen LogP contribution in [0.15, 0.2) is 60.9 Å². The number of nitrogens with one attached hydrogen (secondary N) is 3. The highest BCUT2D eigenvalue weighted by Crippen LogP contribution is 2.33. The summed E-state index contributed by atoms with van der Waals surface area (Å²) in [5.41, 5.74) is 0.475. The van der Waals surface area contributed by atoms with Crippen LogP contribution in [-0.2, 0) is 12.6 Å². The number of aromatic amines is 1. The number of unbranched alkanes of at least 4 members (excludes halogenated alkanes) is 1. The maximum absolute atomic E-state index is 13.3.